The van der Waals surface area contributed by atoms with Crippen LogP contribution < -0.4 is 4.74 Å². The van der Waals surface area contributed by atoms with Crippen LogP contribution in [0.3, 0.4) is 0 Å². The molecule has 0 saturated heterocycles. The van der Waals surface area contributed by atoms with Crippen molar-refractivity contribution in [3.8, 4) is 17.5 Å². The summed E-state index contributed by atoms with van der Waals surface area (Å²) < 4.78 is 12.9. The molecule has 0 atom stereocenters. The summed E-state index contributed by atoms with van der Waals surface area (Å²) >= 11 is 0. The Bertz CT molecular complexity index is 1180. The first-order chi connectivity index (χ1) is 13.8. The second kappa shape index (κ2) is 7.64. The molecule has 0 bridgehead atoms. The number of non-ortho nitro benzene ring substituents is 1. The van der Waals surface area contributed by atoms with Crippen LogP contribution in [-0.2, 0) is 0 Å². The maximum atomic E-state index is 11.0. The number of nitrogens with zero attached hydrogens (tertiary/aromatic N) is 4. The topological polar surface area (TPSA) is 107 Å². The third kappa shape index (κ3) is 3.50. The Morgan fingerprint density at radius 2 is 2.00 bits per heavy atom. The van der Waals surface area contributed by atoms with Crippen molar-refractivity contribution in [2.75, 3.05) is 7.11 Å². The summed E-state index contributed by atoms with van der Waals surface area (Å²) in [7, 11) is 1.48. The molecule has 2 heterocycles. The first kappa shape index (κ1) is 19.9. The van der Waals surface area contributed by atoms with E-state index in [2.05, 4.69) is 11.1 Å². The van der Waals surface area contributed by atoms with Crippen molar-refractivity contribution in [2.45, 2.75) is 27.7 Å². The quantitative estimate of drug-likeness (QED) is 0.351. The summed E-state index contributed by atoms with van der Waals surface area (Å²) in [4.78, 5) is 15.0. The fourth-order valence-electron chi connectivity index (χ4n) is 3.21. The number of nitro benzene ring substituents is 1. The smallest absolute Gasteiger partial charge is 0.273 e. The molecule has 0 fully saturated rings. The number of benzene rings is 1. The van der Waals surface area contributed by atoms with Gasteiger partial charge in [0.2, 0.25) is 5.88 Å². The van der Waals surface area contributed by atoms with E-state index in [1.807, 2.05) is 31.4 Å². The van der Waals surface area contributed by atoms with E-state index < -0.39 is 4.92 Å². The molecule has 0 saturated carbocycles. The number of ether oxygens (including phenoxy) is 1. The van der Waals surface area contributed by atoms with Gasteiger partial charge in [-0.3, -0.25) is 10.1 Å². The number of hydrogen-bond acceptors (Lipinski definition) is 6. The second-order valence-electron chi connectivity index (χ2n) is 6.61. The van der Waals surface area contributed by atoms with Crippen LogP contribution in [0.4, 0.5) is 11.6 Å². The van der Waals surface area contributed by atoms with Crippen LogP contribution in [0.2, 0.25) is 0 Å². The van der Waals surface area contributed by atoms with Crippen molar-refractivity contribution in [1.82, 2.24) is 4.57 Å². The molecule has 0 radical (unpaired) electrons. The number of nitriles is 1. The summed E-state index contributed by atoms with van der Waals surface area (Å²) in [5, 5.41) is 20.4. The van der Waals surface area contributed by atoms with Crippen LogP contribution in [0.15, 0.2) is 33.7 Å². The predicted octanol–water partition coefficient (Wildman–Crippen LogP) is 4.84. The Morgan fingerprint density at radius 1 is 1.28 bits per heavy atom. The van der Waals surface area contributed by atoms with Gasteiger partial charge >= 0.3 is 0 Å². The molecule has 8 nitrogen and oxygen atoms in total. The summed E-state index contributed by atoms with van der Waals surface area (Å²) in [5.74, 6) is 1.34. The van der Waals surface area contributed by atoms with E-state index in [0.717, 1.165) is 22.5 Å². The molecule has 3 aromatic rings. The van der Waals surface area contributed by atoms with E-state index in [1.165, 1.54) is 19.2 Å². The minimum absolute atomic E-state index is 0.0394. The monoisotopic (exact) mass is 392 g/mol. The highest BCUT2D eigenvalue weighted by Gasteiger charge is 2.18. The van der Waals surface area contributed by atoms with E-state index in [0.29, 0.717) is 22.8 Å². The molecule has 1 aromatic carbocycles. The van der Waals surface area contributed by atoms with Crippen LogP contribution in [-0.4, -0.2) is 22.8 Å². The van der Waals surface area contributed by atoms with Gasteiger partial charge in [0.15, 0.2) is 0 Å². The van der Waals surface area contributed by atoms with Crippen molar-refractivity contribution in [1.29, 1.82) is 5.26 Å². The lowest BCUT2D eigenvalue weighted by atomic mass is 10.2. The van der Waals surface area contributed by atoms with E-state index in [4.69, 9.17) is 9.15 Å². The highest BCUT2D eigenvalue weighted by atomic mass is 16.6. The standard InChI is InChI=1S/C21H20N4O4/c1-12-8-16(11-23-21-18(10-22)13(2)15(4)29-21)14(3)24(12)19-7-6-17(25(26)27)9-20(19)28-5/h6-9,11H,1-5H3. The molecule has 0 aliphatic rings. The highest BCUT2D eigenvalue weighted by molar-refractivity contribution is 5.84. The lowest BCUT2D eigenvalue weighted by Crippen LogP contribution is -2.03. The Labute approximate surface area is 167 Å². The molecule has 8 heteroatoms. The van der Waals surface area contributed by atoms with Crippen LogP contribution in [0.5, 0.6) is 5.75 Å². The molecule has 0 unspecified atom stereocenters. The number of methoxy groups -OCH3 is 1. The molecule has 0 aliphatic carbocycles. The zero-order valence-electron chi connectivity index (χ0n) is 16.8. The summed E-state index contributed by atoms with van der Waals surface area (Å²) in [6, 6.07) is 8.56. The fourth-order valence-corrected chi connectivity index (χ4v) is 3.21. The van der Waals surface area contributed by atoms with Gasteiger partial charge in [0.1, 0.15) is 23.1 Å². The van der Waals surface area contributed by atoms with Crippen molar-refractivity contribution in [3.63, 3.8) is 0 Å². The molecule has 0 aliphatic heterocycles. The van der Waals surface area contributed by atoms with E-state index in [9.17, 15) is 15.4 Å². The Balaban J connectivity index is 2.06. The van der Waals surface area contributed by atoms with Gasteiger partial charge in [0.25, 0.3) is 5.69 Å². The van der Waals surface area contributed by atoms with Crippen LogP contribution >= 0.6 is 0 Å². The Morgan fingerprint density at radius 3 is 2.62 bits per heavy atom. The zero-order chi connectivity index (χ0) is 21.3. The van der Waals surface area contributed by atoms with Crippen molar-refractivity contribution in [3.05, 3.63) is 68.2 Å². The molecule has 0 spiro atoms. The van der Waals surface area contributed by atoms with Gasteiger partial charge in [-0.1, -0.05) is 0 Å². The van der Waals surface area contributed by atoms with Crippen LogP contribution in [0.1, 0.15) is 33.8 Å². The fraction of sp³-hybridized carbons (Fsp3) is 0.238. The van der Waals surface area contributed by atoms with E-state index >= 15 is 0 Å². The molecule has 29 heavy (non-hydrogen) atoms. The number of hydrogen-bond donors (Lipinski definition) is 0. The van der Waals surface area contributed by atoms with Gasteiger partial charge in [-0.15, -0.1) is 0 Å². The first-order valence-electron chi connectivity index (χ1n) is 8.84. The summed E-state index contributed by atoms with van der Waals surface area (Å²) in [6.45, 7) is 7.46. The maximum Gasteiger partial charge on any atom is 0.273 e. The third-order valence-electron chi connectivity index (χ3n) is 4.88. The normalized spacial score (nSPS) is 11.0. The third-order valence-corrected chi connectivity index (χ3v) is 4.88. The van der Waals surface area contributed by atoms with Gasteiger partial charge in [0.05, 0.1) is 23.8 Å². The lowest BCUT2D eigenvalue weighted by molar-refractivity contribution is -0.384. The number of nitro groups is 1. The molecular weight excluding hydrogens is 372 g/mol. The first-order valence-corrected chi connectivity index (χ1v) is 8.84. The SMILES string of the molecule is COc1cc([N+](=O)[O-])ccc1-n1c(C)cc(C=Nc2oc(C)c(C)c2C#N)c1C. The summed E-state index contributed by atoms with van der Waals surface area (Å²) in [5.41, 5.74) is 4.46. The zero-order valence-corrected chi connectivity index (χ0v) is 16.8. The number of furan rings is 1. The molecule has 148 valence electrons. The molecule has 0 amide bonds. The average Bonchev–Trinajstić information content (AvgIpc) is 3.13. The van der Waals surface area contributed by atoms with Gasteiger partial charge < -0.3 is 13.7 Å². The Hall–Kier alpha value is -3.86. The van der Waals surface area contributed by atoms with Crippen molar-refractivity contribution >= 4 is 17.8 Å². The summed E-state index contributed by atoms with van der Waals surface area (Å²) in [6.07, 6.45) is 1.65. The molecule has 0 N–H and O–H groups in total. The van der Waals surface area contributed by atoms with Gasteiger partial charge in [-0.25, -0.2) is 4.99 Å². The van der Waals surface area contributed by atoms with Crippen molar-refractivity contribution < 1.29 is 14.1 Å². The Kier molecular flexibility index (Phi) is 5.24. The van der Waals surface area contributed by atoms with Gasteiger partial charge in [-0.05, 0) is 39.8 Å². The number of aryl methyl sites for hydroxylation is 2. The molecule has 2 aromatic heterocycles. The molecule has 3 rings (SSSR count). The minimum Gasteiger partial charge on any atom is -0.494 e. The maximum absolute atomic E-state index is 11.0. The number of aromatic nitrogens is 1. The number of rotatable bonds is 5. The highest BCUT2D eigenvalue weighted by Crippen LogP contribution is 2.32. The van der Waals surface area contributed by atoms with Gasteiger partial charge in [0, 0.05) is 34.8 Å². The average molecular weight is 392 g/mol. The van der Waals surface area contributed by atoms with E-state index in [1.54, 1.807) is 19.2 Å². The largest absolute Gasteiger partial charge is 0.494 e. The lowest BCUT2D eigenvalue weighted by Gasteiger charge is -2.13. The minimum atomic E-state index is -0.458. The van der Waals surface area contributed by atoms with Gasteiger partial charge in [-0.2, -0.15) is 5.26 Å². The van der Waals surface area contributed by atoms with Crippen LogP contribution in [0, 0.1) is 49.1 Å². The predicted molar refractivity (Wildman–Crippen MR) is 109 cm³/mol. The van der Waals surface area contributed by atoms with Crippen LogP contribution in [0.25, 0.3) is 5.69 Å². The van der Waals surface area contributed by atoms with Crippen molar-refractivity contribution in [2.24, 2.45) is 4.99 Å². The number of aliphatic imine (C=N–C) groups is 1. The molecular formula is C21H20N4O4. The second-order valence-corrected chi connectivity index (χ2v) is 6.61. The van der Waals surface area contributed by atoms with E-state index in [-0.39, 0.29) is 11.6 Å².